The molecule has 0 atom stereocenters. The van der Waals surface area contributed by atoms with Crippen molar-refractivity contribution in [1.82, 2.24) is 0 Å². The molecule has 1 aromatic carbocycles. The number of nitrogens with one attached hydrogen (secondary N) is 1. The van der Waals surface area contributed by atoms with Crippen LogP contribution in [-0.2, 0) is 9.53 Å². The number of anilines is 2. The van der Waals surface area contributed by atoms with Crippen LogP contribution < -0.4 is 11.1 Å². The first-order valence-corrected chi connectivity index (χ1v) is 5.85. The molecule has 0 saturated carbocycles. The Bertz CT molecular complexity index is 383. The molecule has 0 heterocycles. The van der Waals surface area contributed by atoms with Gasteiger partial charge in [0.2, 0.25) is 5.91 Å². The third-order valence-electron chi connectivity index (χ3n) is 2.27. The SMILES string of the molecule is COCCCCC(=O)Nc1cc(N)ccc1Cl. The molecule has 1 aromatic rings. The topological polar surface area (TPSA) is 64.3 Å². The van der Waals surface area contributed by atoms with Crippen molar-refractivity contribution in [3.05, 3.63) is 23.2 Å². The third kappa shape index (κ3) is 5.06. The van der Waals surface area contributed by atoms with Gasteiger partial charge >= 0.3 is 0 Å². The smallest absolute Gasteiger partial charge is 0.224 e. The summed E-state index contributed by atoms with van der Waals surface area (Å²) in [5, 5.41) is 3.23. The fourth-order valence-corrected chi connectivity index (χ4v) is 1.55. The molecule has 0 aliphatic rings. The first-order valence-electron chi connectivity index (χ1n) is 5.47. The van der Waals surface area contributed by atoms with E-state index in [1.54, 1.807) is 25.3 Å². The van der Waals surface area contributed by atoms with Crippen molar-refractivity contribution in [3.8, 4) is 0 Å². The maximum absolute atomic E-state index is 11.6. The molecular formula is C12H17ClN2O2. The highest BCUT2D eigenvalue weighted by Gasteiger charge is 2.05. The number of nitrogens with two attached hydrogens (primary N) is 1. The molecular weight excluding hydrogens is 240 g/mol. The average Bonchev–Trinajstić information content (AvgIpc) is 2.29. The van der Waals surface area contributed by atoms with Gasteiger partial charge < -0.3 is 15.8 Å². The molecule has 0 aliphatic heterocycles. The first kappa shape index (κ1) is 13.8. The van der Waals surface area contributed by atoms with Gasteiger partial charge in [0, 0.05) is 25.8 Å². The lowest BCUT2D eigenvalue weighted by molar-refractivity contribution is -0.116. The number of carbonyl (C=O) groups is 1. The fourth-order valence-electron chi connectivity index (χ4n) is 1.38. The van der Waals surface area contributed by atoms with Crippen LogP contribution in [0.1, 0.15) is 19.3 Å². The monoisotopic (exact) mass is 256 g/mol. The molecule has 0 fully saturated rings. The zero-order valence-electron chi connectivity index (χ0n) is 9.83. The quantitative estimate of drug-likeness (QED) is 0.608. The van der Waals surface area contributed by atoms with Gasteiger partial charge in [-0.25, -0.2) is 0 Å². The third-order valence-corrected chi connectivity index (χ3v) is 2.60. The van der Waals surface area contributed by atoms with Gasteiger partial charge in [0.1, 0.15) is 0 Å². The van der Waals surface area contributed by atoms with Crippen molar-refractivity contribution in [2.45, 2.75) is 19.3 Å². The number of halogens is 1. The zero-order chi connectivity index (χ0) is 12.7. The van der Waals surface area contributed by atoms with E-state index in [0.717, 1.165) is 12.8 Å². The summed E-state index contributed by atoms with van der Waals surface area (Å²) in [7, 11) is 1.65. The van der Waals surface area contributed by atoms with Crippen molar-refractivity contribution in [2.75, 3.05) is 24.8 Å². The second-order valence-corrected chi connectivity index (χ2v) is 4.14. The summed E-state index contributed by atoms with van der Waals surface area (Å²) in [6, 6.07) is 5.00. The van der Waals surface area contributed by atoms with Crippen LogP contribution >= 0.6 is 11.6 Å². The van der Waals surface area contributed by atoms with Gasteiger partial charge in [0.15, 0.2) is 0 Å². The summed E-state index contributed by atoms with van der Waals surface area (Å²) in [5.74, 6) is -0.0615. The van der Waals surface area contributed by atoms with Gasteiger partial charge in [-0.3, -0.25) is 4.79 Å². The Hall–Kier alpha value is -1.26. The summed E-state index contributed by atoms with van der Waals surface area (Å²) >= 11 is 5.93. The highest BCUT2D eigenvalue weighted by molar-refractivity contribution is 6.33. The number of carbonyl (C=O) groups excluding carboxylic acids is 1. The maximum Gasteiger partial charge on any atom is 0.224 e. The highest BCUT2D eigenvalue weighted by atomic mass is 35.5. The Labute approximate surface area is 106 Å². The van der Waals surface area contributed by atoms with Crippen LogP contribution in [0.4, 0.5) is 11.4 Å². The summed E-state index contributed by atoms with van der Waals surface area (Å²) in [5.41, 5.74) is 6.75. The highest BCUT2D eigenvalue weighted by Crippen LogP contribution is 2.24. The number of rotatable bonds is 6. The lowest BCUT2D eigenvalue weighted by Crippen LogP contribution is -2.12. The van der Waals surface area contributed by atoms with E-state index < -0.39 is 0 Å². The lowest BCUT2D eigenvalue weighted by Gasteiger charge is -2.07. The summed E-state index contributed by atoms with van der Waals surface area (Å²) in [4.78, 5) is 11.6. The van der Waals surface area contributed by atoms with Crippen LogP contribution in [0.25, 0.3) is 0 Å². The molecule has 3 N–H and O–H groups in total. The summed E-state index contributed by atoms with van der Waals surface area (Å²) in [6.45, 7) is 0.673. The minimum atomic E-state index is -0.0615. The maximum atomic E-state index is 11.6. The van der Waals surface area contributed by atoms with Crippen molar-refractivity contribution in [2.24, 2.45) is 0 Å². The van der Waals surface area contributed by atoms with Crippen LogP contribution in [0, 0.1) is 0 Å². The molecule has 94 valence electrons. The van der Waals surface area contributed by atoms with E-state index in [9.17, 15) is 4.79 Å². The molecule has 1 rings (SSSR count). The van der Waals surface area contributed by atoms with Crippen molar-refractivity contribution in [1.29, 1.82) is 0 Å². The Morgan fingerprint density at radius 3 is 2.94 bits per heavy atom. The lowest BCUT2D eigenvalue weighted by atomic mass is 10.2. The Kier molecular flexibility index (Phi) is 5.80. The Morgan fingerprint density at radius 1 is 1.47 bits per heavy atom. The Morgan fingerprint density at radius 2 is 2.24 bits per heavy atom. The molecule has 0 aliphatic carbocycles. The van der Waals surface area contributed by atoms with Gasteiger partial charge in [0.05, 0.1) is 10.7 Å². The van der Waals surface area contributed by atoms with Gasteiger partial charge in [-0.2, -0.15) is 0 Å². The number of ether oxygens (including phenoxy) is 1. The molecule has 1 amide bonds. The fraction of sp³-hybridized carbons (Fsp3) is 0.417. The van der Waals surface area contributed by atoms with Crippen molar-refractivity contribution >= 4 is 28.9 Å². The minimum absolute atomic E-state index is 0.0615. The van der Waals surface area contributed by atoms with E-state index in [2.05, 4.69) is 5.32 Å². The van der Waals surface area contributed by atoms with Gasteiger partial charge in [-0.1, -0.05) is 11.6 Å². The number of benzene rings is 1. The number of hydrogen-bond donors (Lipinski definition) is 2. The molecule has 0 spiro atoms. The average molecular weight is 257 g/mol. The molecule has 0 saturated heterocycles. The first-order chi connectivity index (χ1) is 8.13. The van der Waals surface area contributed by atoms with Crippen LogP contribution in [-0.4, -0.2) is 19.6 Å². The van der Waals surface area contributed by atoms with Crippen LogP contribution in [0.15, 0.2) is 18.2 Å². The van der Waals surface area contributed by atoms with E-state index in [4.69, 9.17) is 22.1 Å². The van der Waals surface area contributed by atoms with Gasteiger partial charge in [-0.05, 0) is 31.0 Å². The molecule has 5 heteroatoms. The number of methoxy groups -OCH3 is 1. The van der Waals surface area contributed by atoms with Crippen LogP contribution in [0.3, 0.4) is 0 Å². The molecule has 0 bridgehead atoms. The number of unbranched alkanes of at least 4 members (excludes halogenated alkanes) is 1. The molecule has 17 heavy (non-hydrogen) atoms. The minimum Gasteiger partial charge on any atom is -0.399 e. The second kappa shape index (κ2) is 7.14. The molecule has 0 radical (unpaired) electrons. The standard InChI is InChI=1S/C12H17ClN2O2/c1-17-7-3-2-4-12(16)15-11-8-9(14)5-6-10(11)13/h5-6,8H,2-4,7,14H2,1H3,(H,15,16). The number of amides is 1. The van der Waals surface area contributed by atoms with E-state index in [-0.39, 0.29) is 5.91 Å². The second-order valence-electron chi connectivity index (χ2n) is 3.74. The molecule has 0 unspecified atom stereocenters. The Balaban J connectivity index is 2.42. The predicted molar refractivity (Wildman–Crippen MR) is 70.2 cm³/mol. The van der Waals surface area contributed by atoms with Crippen LogP contribution in [0.2, 0.25) is 5.02 Å². The van der Waals surface area contributed by atoms with E-state index >= 15 is 0 Å². The normalized spacial score (nSPS) is 10.2. The summed E-state index contributed by atoms with van der Waals surface area (Å²) in [6.07, 6.45) is 2.11. The molecule has 4 nitrogen and oxygen atoms in total. The largest absolute Gasteiger partial charge is 0.399 e. The van der Waals surface area contributed by atoms with Crippen LogP contribution in [0.5, 0.6) is 0 Å². The predicted octanol–water partition coefficient (Wildman–Crippen LogP) is 2.68. The van der Waals surface area contributed by atoms with E-state index in [1.807, 2.05) is 0 Å². The zero-order valence-corrected chi connectivity index (χ0v) is 10.6. The van der Waals surface area contributed by atoms with Gasteiger partial charge in [0.25, 0.3) is 0 Å². The van der Waals surface area contributed by atoms with Gasteiger partial charge in [-0.15, -0.1) is 0 Å². The van der Waals surface area contributed by atoms with Crippen molar-refractivity contribution in [3.63, 3.8) is 0 Å². The summed E-state index contributed by atoms with van der Waals surface area (Å²) < 4.78 is 4.91. The van der Waals surface area contributed by atoms with Crippen molar-refractivity contribution < 1.29 is 9.53 Å². The number of nitrogen functional groups attached to an aromatic ring is 1. The van der Waals surface area contributed by atoms with E-state index in [1.165, 1.54) is 0 Å². The van der Waals surface area contributed by atoms with E-state index in [0.29, 0.717) is 29.4 Å². The molecule has 0 aromatic heterocycles. The number of hydrogen-bond acceptors (Lipinski definition) is 3.